The lowest BCUT2D eigenvalue weighted by Gasteiger charge is -2.03. The molecule has 0 unspecified atom stereocenters. The van der Waals surface area contributed by atoms with Gasteiger partial charge in [-0.3, -0.25) is 4.79 Å². The second kappa shape index (κ2) is 6.65. The summed E-state index contributed by atoms with van der Waals surface area (Å²) in [6.45, 7) is 2.56. The SMILES string of the molecule is CC(=O)/C(N=Nc1ccc(-n2ccc(C(F)(F)F)n2)cc1)=C(/C)O. The van der Waals surface area contributed by atoms with E-state index < -0.39 is 17.7 Å². The molecule has 6 nitrogen and oxygen atoms in total. The average molecular weight is 338 g/mol. The minimum atomic E-state index is -4.50. The highest BCUT2D eigenvalue weighted by Crippen LogP contribution is 2.28. The van der Waals surface area contributed by atoms with Crippen molar-refractivity contribution in [2.24, 2.45) is 10.2 Å². The summed E-state index contributed by atoms with van der Waals surface area (Å²) in [5.74, 6) is -0.689. The summed E-state index contributed by atoms with van der Waals surface area (Å²) in [5, 5.41) is 20.2. The standard InChI is InChI=1S/C15H13F3N4O2/c1-9(23)14(10(2)24)20-19-11-3-5-12(6-4-11)22-8-7-13(21-22)15(16,17)18/h3-8,23H,1-2H3/b14-9+,20-19?. The van der Waals surface area contributed by atoms with Crippen molar-refractivity contribution >= 4 is 11.5 Å². The van der Waals surface area contributed by atoms with Crippen molar-refractivity contribution in [2.75, 3.05) is 0 Å². The molecule has 0 radical (unpaired) electrons. The van der Waals surface area contributed by atoms with Crippen LogP contribution in [0.25, 0.3) is 5.69 Å². The Morgan fingerprint density at radius 2 is 1.79 bits per heavy atom. The third-order valence-electron chi connectivity index (χ3n) is 2.94. The molecule has 126 valence electrons. The molecule has 1 aromatic carbocycles. The van der Waals surface area contributed by atoms with Crippen LogP contribution in [0.1, 0.15) is 19.5 Å². The van der Waals surface area contributed by atoms with E-state index in [4.69, 9.17) is 0 Å². The molecule has 0 fully saturated rings. The number of aliphatic hydroxyl groups is 1. The number of ketones is 1. The maximum Gasteiger partial charge on any atom is 0.435 e. The Kier molecular flexibility index (Phi) is 4.82. The minimum Gasteiger partial charge on any atom is -0.510 e. The number of carbonyl (C=O) groups is 1. The summed E-state index contributed by atoms with van der Waals surface area (Å²) in [5.41, 5.74) is -0.381. The van der Waals surface area contributed by atoms with Gasteiger partial charge in [0.15, 0.2) is 17.2 Å². The molecule has 0 spiro atoms. The number of aromatic nitrogens is 2. The maximum atomic E-state index is 12.5. The monoisotopic (exact) mass is 338 g/mol. The Morgan fingerprint density at radius 1 is 1.17 bits per heavy atom. The molecule has 2 aromatic rings. The Bertz CT molecular complexity index is 801. The van der Waals surface area contributed by atoms with Crippen molar-refractivity contribution in [1.29, 1.82) is 0 Å². The fourth-order valence-corrected chi connectivity index (χ4v) is 1.80. The zero-order valence-corrected chi connectivity index (χ0v) is 12.7. The van der Waals surface area contributed by atoms with Crippen LogP contribution in [0.2, 0.25) is 0 Å². The van der Waals surface area contributed by atoms with Crippen molar-refractivity contribution in [3.63, 3.8) is 0 Å². The van der Waals surface area contributed by atoms with Crippen LogP contribution in [-0.2, 0) is 11.0 Å². The molecular formula is C15H13F3N4O2. The molecule has 0 amide bonds. The first kappa shape index (κ1) is 17.4. The van der Waals surface area contributed by atoms with Gasteiger partial charge in [-0.2, -0.15) is 23.4 Å². The summed E-state index contributed by atoms with van der Waals surface area (Å²) in [6.07, 6.45) is -3.30. The number of hydrogen-bond acceptors (Lipinski definition) is 5. The average Bonchev–Trinajstić information content (AvgIpc) is 2.97. The van der Waals surface area contributed by atoms with Crippen LogP contribution >= 0.6 is 0 Å². The number of hydrogen-bond donors (Lipinski definition) is 1. The first-order valence-corrected chi connectivity index (χ1v) is 6.74. The first-order chi connectivity index (χ1) is 11.2. The van der Waals surface area contributed by atoms with Crippen LogP contribution in [0.3, 0.4) is 0 Å². The van der Waals surface area contributed by atoms with Gasteiger partial charge in [-0.05, 0) is 37.3 Å². The van der Waals surface area contributed by atoms with Gasteiger partial charge in [0.2, 0.25) is 0 Å². The quantitative estimate of drug-likeness (QED) is 0.511. The molecule has 24 heavy (non-hydrogen) atoms. The zero-order valence-electron chi connectivity index (χ0n) is 12.7. The molecule has 1 heterocycles. The van der Waals surface area contributed by atoms with E-state index in [1.165, 1.54) is 44.3 Å². The van der Waals surface area contributed by atoms with Gasteiger partial charge in [0.25, 0.3) is 0 Å². The number of Topliss-reactive ketones (excluding diaryl/α,β-unsaturated/α-hetero) is 1. The van der Waals surface area contributed by atoms with E-state index >= 15 is 0 Å². The second-order valence-corrected chi connectivity index (χ2v) is 4.85. The van der Waals surface area contributed by atoms with Gasteiger partial charge in [-0.1, -0.05) is 0 Å². The van der Waals surface area contributed by atoms with E-state index in [9.17, 15) is 23.1 Å². The van der Waals surface area contributed by atoms with Crippen LogP contribution in [0.15, 0.2) is 58.2 Å². The summed E-state index contributed by atoms with van der Waals surface area (Å²) < 4.78 is 38.7. The molecule has 0 aliphatic carbocycles. The number of benzene rings is 1. The normalized spacial score (nSPS) is 13.2. The molecule has 2 rings (SSSR count). The zero-order chi connectivity index (χ0) is 17.9. The highest BCUT2D eigenvalue weighted by molar-refractivity contribution is 5.93. The van der Waals surface area contributed by atoms with Crippen molar-refractivity contribution < 1.29 is 23.1 Å². The van der Waals surface area contributed by atoms with Crippen LogP contribution < -0.4 is 0 Å². The molecule has 0 aliphatic heterocycles. The van der Waals surface area contributed by atoms with Crippen molar-refractivity contribution in [1.82, 2.24) is 9.78 Å². The third kappa shape index (κ3) is 4.06. The summed E-state index contributed by atoms with van der Waals surface area (Å²) >= 11 is 0. The van der Waals surface area contributed by atoms with Gasteiger partial charge >= 0.3 is 6.18 Å². The number of halogens is 3. The largest absolute Gasteiger partial charge is 0.510 e. The van der Waals surface area contributed by atoms with Crippen LogP contribution in [0, 0.1) is 0 Å². The highest BCUT2D eigenvalue weighted by Gasteiger charge is 2.33. The molecule has 0 aliphatic rings. The van der Waals surface area contributed by atoms with Gasteiger partial charge in [0.1, 0.15) is 5.76 Å². The lowest BCUT2D eigenvalue weighted by Crippen LogP contribution is -2.07. The summed E-state index contributed by atoms with van der Waals surface area (Å²) in [6, 6.07) is 6.88. The number of aliphatic hydroxyl groups excluding tert-OH is 1. The van der Waals surface area contributed by atoms with E-state index in [2.05, 4.69) is 15.3 Å². The minimum absolute atomic E-state index is 0.166. The van der Waals surface area contributed by atoms with E-state index in [0.717, 1.165) is 10.7 Å². The van der Waals surface area contributed by atoms with E-state index in [0.29, 0.717) is 11.4 Å². The smallest absolute Gasteiger partial charge is 0.435 e. The van der Waals surface area contributed by atoms with Crippen molar-refractivity contribution in [2.45, 2.75) is 20.0 Å². The number of alkyl halides is 3. The summed E-state index contributed by atoms with van der Waals surface area (Å²) in [4.78, 5) is 11.3. The molecule has 9 heteroatoms. The van der Waals surface area contributed by atoms with Crippen LogP contribution in [0.4, 0.5) is 18.9 Å². The molecule has 1 N–H and O–H groups in total. The molecular weight excluding hydrogens is 325 g/mol. The Balaban J connectivity index is 2.21. The fourth-order valence-electron chi connectivity index (χ4n) is 1.80. The van der Waals surface area contributed by atoms with Gasteiger partial charge in [0, 0.05) is 13.1 Å². The lowest BCUT2D eigenvalue weighted by molar-refractivity contribution is -0.141. The molecule has 0 saturated heterocycles. The predicted octanol–water partition coefficient (Wildman–Crippen LogP) is 4.35. The van der Waals surface area contributed by atoms with E-state index in [-0.39, 0.29) is 11.5 Å². The van der Waals surface area contributed by atoms with Crippen LogP contribution in [-0.4, -0.2) is 20.7 Å². The lowest BCUT2D eigenvalue weighted by atomic mass is 10.3. The van der Waals surface area contributed by atoms with Crippen LogP contribution in [0.5, 0.6) is 0 Å². The number of rotatable bonds is 4. The number of nitrogens with zero attached hydrogens (tertiary/aromatic N) is 4. The number of azo groups is 1. The third-order valence-corrected chi connectivity index (χ3v) is 2.94. The van der Waals surface area contributed by atoms with Gasteiger partial charge in [0.05, 0.1) is 11.4 Å². The highest BCUT2D eigenvalue weighted by atomic mass is 19.4. The van der Waals surface area contributed by atoms with Gasteiger partial charge in [-0.25, -0.2) is 4.68 Å². The fraction of sp³-hybridized carbons (Fsp3) is 0.200. The van der Waals surface area contributed by atoms with Crippen molar-refractivity contribution in [3.05, 3.63) is 53.7 Å². The number of carbonyl (C=O) groups excluding carboxylic acids is 1. The van der Waals surface area contributed by atoms with Crippen molar-refractivity contribution in [3.8, 4) is 5.69 Å². The Morgan fingerprint density at radius 3 is 2.25 bits per heavy atom. The Labute approximate surface area is 134 Å². The van der Waals surface area contributed by atoms with E-state index in [1.807, 2.05) is 0 Å². The summed E-state index contributed by atoms with van der Waals surface area (Å²) in [7, 11) is 0. The molecule has 0 saturated carbocycles. The molecule has 1 aromatic heterocycles. The first-order valence-electron chi connectivity index (χ1n) is 6.74. The maximum absolute atomic E-state index is 12.5. The van der Waals surface area contributed by atoms with E-state index in [1.54, 1.807) is 0 Å². The van der Waals surface area contributed by atoms with Gasteiger partial charge in [-0.15, -0.1) is 5.11 Å². The molecule has 0 bridgehead atoms. The topological polar surface area (TPSA) is 79.8 Å². The Hall–Kier alpha value is -2.97. The van der Waals surface area contributed by atoms with Gasteiger partial charge < -0.3 is 5.11 Å². The molecule has 0 atom stereocenters. The number of allylic oxidation sites excluding steroid dienone is 2. The second-order valence-electron chi connectivity index (χ2n) is 4.85. The predicted molar refractivity (Wildman–Crippen MR) is 79.1 cm³/mol.